The predicted octanol–water partition coefficient (Wildman–Crippen LogP) is 2.32. The summed E-state index contributed by atoms with van der Waals surface area (Å²) in [7, 11) is 0. The molecule has 2 rings (SSSR count). The fourth-order valence-electron chi connectivity index (χ4n) is 1.59. The molecule has 0 unspecified atom stereocenters. The molecule has 6 heteroatoms. The summed E-state index contributed by atoms with van der Waals surface area (Å²) in [5.41, 5.74) is 5.64. The maximum atomic E-state index is 13.0. The molecule has 102 valence electrons. The van der Waals surface area contributed by atoms with Crippen LogP contribution in [0, 0.1) is 11.6 Å². The molecule has 0 aliphatic rings. The molecule has 2 aromatic rings. The Kier molecular flexibility index (Phi) is 3.74. The van der Waals surface area contributed by atoms with E-state index in [1.54, 1.807) is 12.1 Å². The number of anilines is 1. The van der Waals surface area contributed by atoms with Crippen molar-refractivity contribution in [1.29, 1.82) is 0 Å². The van der Waals surface area contributed by atoms with Gasteiger partial charge in [-0.05, 0) is 36.4 Å². The van der Waals surface area contributed by atoms with Crippen LogP contribution in [0.2, 0.25) is 0 Å². The Bertz CT molecular complexity index is 687. The average molecular weight is 276 g/mol. The van der Waals surface area contributed by atoms with Crippen molar-refractivity contribution >= 4 is 17.5 Å². The fraction of sp³-hybridized carbons (Fsp3) is 0. The first kappa shape index (κ1) is 13.7. The summed E-state index contributed by atoms with van der Waals surface area (Å²) in [5.74, 6) is -3.39. The SMILES string of the molecule is NC(=O)c1cccc(NC(=O)c2ccc(F)c(F)c2)c1. The number of hydrogen-bond donors (Lipinski definition) is 2. The quantitative estimate of drug-likeness (QED) is 0.903. The van der Waals surface area contributed by atoms with Gasteiger partial charge in [-0.25, -0.2) is 8.78 Å². The van der Waals surface area contributed by atoms with E-state index in [1.165, 1.54) is 12.1 Å². The van der Waals surface area contributed by atoms with E-state index in [9.17, 15) is 18.4 Å². The van der Waals surface area contributed by atoms with E-state index < -0.39 is 23.4 Å². The Morgan fingerprint density at radius 3 is 2.35 bits per heavy atom. The lowest BCUT2D eigenvalue weighted by atomic mass is 10.1. The van der Waals surface area contributed by atoms with E-state index >= 15 is 0 Å². The van der Waals surface area contributed by atoms with Crippen LogP contribution in [0.15, 0.2) is 42.5 Å². The zero-order valence-corrected chi connectivity index (χ0v) is 10.2. The molecule has 0 aliphatic heterocycles. The number of primary amides is 1. The van der Waals surface area contributed by atoms with Crippen LogP contribution in [0.5, 0.6) is 0 Å². The standard InChI is InChI=1S/C14H10F2N2O2/c15-11-5-4-9(7-12(11)16)14(20)18-10-3-1-2-8(6-10)13(17)19/h1-7H,(H2,17,19)(H,18,20). The summed E-state index contributed by atoms with van der Waals surface area (Å²) in [5, 5.41) is 2.46. The van der Waals surface area contributed by atoms with Gasteiger partial charge in [0, 0.05) is 16.8 Å². The predicted molar refractivity (Wildman–Crippen MR) is 69.3 cm³/mol. The van der Waals surface area contributed by atoms with Gasteiger partial charge in [-0.15, -0.1) is 0 Å². The van der Waals surface area contributed by atoms with Crippen molar-refractivity contribution in [1.82, 2.24) is 0 Å². The molecule has 0 atom stereocenters. The Labute approximate surface area is 113 Å². The normalized spacial score (nSPS) is 10.1. The number of benzene rings is 2. The number of carbonyl (C=O) groups excluding carboxylic acids is 2. The van der Waals surface area contributed by atoms with Gasteiger partial charge in [0.05, 0.1) is 0 Å². The molecule has 0 bridgehead atoms. The van der Waals surface area contributed by atoms with Crippen molar-refractivity contribution in [2.75, 3.05) is 5.32 Å². The second-order valence-electron chi connectivity index (χ2n) is 4.03. The van der Waals surface area contributed by atoms with Crippen LogP contribution >= 0.6 is 0 Å². The minimum absolute atomic E-state index is 0.0339. The molecule has 20 heavy (non-hydrogen) atoms. The van der Waals surface area contributed by atoms with Crippen molar-refractivity contribution in [2.45, 2.75) is 0 Å². The minimum Gasteiger partial charge on any atom is -0.366 e. The summed E-state index contributed by atoms with van der Waals surface area (Å²) >= 11 is 0. The number of nitrogens with two attached hydrogens (primary N) is 1. The minimum atomic E-state index is -1.11. The van der Waals surface area contributed by atoms with Gasteiger partial charge >= 0.3 is 0 Å². The molecule has 0 saturated carbocycles. The summed E-state index contributed by atoms with van der Waals surface area (Å²) in [6, 6.07) is 8.79. The van der Waals surface area contributed by atoms with E-state index in [-0.39, 0.29) is 11.1 Å². The lowest BCUT2D eigenvalue weighted by Gasteiger charge is -2.06. The number of nitrogens with one attached hydrogen (secondary N) is 1. The number of hydrogen-bond acceptors (Lipinski definition) is 2. The molecule has 3 N–H and O–H groups in total. The number of halogens is 2. The molecule has 0 saturated heterocycles. The summed E-state index contributed by atoms with van der Waals surface area (Å²) in [4.78, 5) is 22.9. The maximum Gasteiger partial charge on any atom is 0.255 e. The van der Waals surface area contributed by atoms with E-state index in [0.717, 1.165) is 18.2 Å². The molecule has 2 aromatic carbocycles. The van der Waals surface area contributed by atoms with Gasteiger partial charge in [-0.2, -0.15) is 0 Å². The van der Waals surface area contributed by atoms with E-state index in [2.05, 4.69) is 5.32 Å². The molecule has 2 amide bonds. The topological polar surface area (TPSA) is 72.2 Å². The Balaban J connectivity index is 2.21. The summed E-state index contributed by atoms with van der Waals surface area (Å²) in [6.07, 6.45) is 0. The van der Waals surface area contributed by atoms with E-state index in [1.807, 2.05) is 0 Å². The molecule has 0 heterocycles. The van der Waals surface area contributed by atoms with Crippen molar-refractivity contribution in [3.05, 3.63) is 65.2 Å². The third kappa shape index (κ3) is 2.97. The fourth-order valence-corrected chi connectivity index (χ4v) is 1.59. The highest BCUT2D eigenvalue weighted by Gasteiger charge is 2.10. The Morgan fingerprint density at radius 1 is 0.950 bits per heavy atom. The van der Waals surface area contributed by atoms with Gasteiger partial charge in [0.15, 0.2) is 11.6 Å². The van der Waals surface area contributed by atoms with Gasteiger partial charge in [0.1, 0.15) is 0 Å². The Hall–Kier alpha value is -2.76. The van der Waals surface area contributed by atoms with Crippen LogP contribution < -0.4 is 11.1 Å². The molecule has 0 fully saturated rings. The van der Waals surface area contributed by atoms with E-state index in [4.69, 9.17) is 5.73 Å². The van der Waals surface area contributed by atoms with Crippen LogP contribution in [0.25, 0.3) is 0 Å². The molecular weight excluding hydrogens is 266 g/mol. The van der Waals surface area contributed by atoms with Gasteiger partial charge in [0.25, 0.3) is 5.91 Å². The molecular formula is C14H10F2N2O2. The van der Waals surface area contributed by atoms with Crippen molar-refractivity contribution < 1.29 is 18.4 Å². The van der Waals surface area contributed by atoms with Crippen LogP contribution in [-0.4, -0.2) is 11.8 Å². The molecule has 0 radical (unpaired) electrons. The van der Waals surface area contributed by atoms with Crippen molar-refractivity contribution in [3.8, 4) is 0 Å². The van der Waals surface area contributed by atoms with Gasteiger partial charge in [-0.3, -0.25) is 9.59 Å². The first-order valence-electron chi connectivity index (χ1n) is 5.63. The monoisotopic (exact) mass is 276 g/mol. The van der Waals surface area contributed by atoms with Crippen molar-refractivity contribution in [3.63, 3.8) is 0 Å². The number of carbonyl (C=O) groups is 2. The third-order valence-electron chi connectivity index (χ3n) is 2.59. The van der Waals surface area contributed by atoms with Gasteiger partial charge < -0.3 is 11.1 Å². The second-order valence-corrected chi connectivity index (χ2v) is 4.03. The number of rotatable bonds is 3. The zero-order valence-electron chi connectivity index (χ0n) is 10.2. The highest BCUT2D eigenvalue weighted by molar-refractivity contribution is 6.05. The first-order valence-corrected chi connectivity index (χ1v) is 5.63. The zero-order chi connectivity index (χ0) is 14.7. The van der Waals surface area contributed by atoms with Crippen LogP contribution in [0.4, 0.5) is 14.5 Å². The van der Waals surface area contributed by atoms with Crippen molar-refractivity contribution in [2.24, 2.45) is 5.73 Å². The lowest BCUT2D eigenvalue weighted by Crippen LogP contribution is -2.14. The lowest BCUT2D eigenvalue weighted by molar-refractivity contribution is 0.0996. The second kappa shape index (κ2) is 5.48. The summed E-state index contributed by atoms with van der Waals surface area (Å²) < 4.78 is 25.8. The first-order chi connectivity index (χ1) is 9.47. The smallest absolute Gasteiger partial charge is 0.255 e. The van der Waals surface area contributed by atoms with Crippen LogP contribution in [-0.2, 0) is 0 Å². The average Bonchev–Trinajstić information content (AvgIpc) is 2.42. The summed E-state index contributed by atoms with van der Waals surface area (Å²) in [6.45, 7) is 0. The third-order valence-corrected chi connectivity index (χ3v) is 2.59. The molecule has 4 nitrogen and oxygen atoms in total. The highest BCUT2D eigenvalue weighted by atomic mass is 19.2. The van der Waals surface area contributed by atoms with Gasteiger partial charge in [-0.1, -0.05) is 6.07 Å². The molecule has 0 aliphatic carbocycles. The van der Waals surface area contributed by atoms with Gasteiger partial charge in [0.2, 0.25) is 5.91 Å². The largest absolute Gasteiger partial charge is 0.366 e. The van der Waals surface area contributed by atoms with Crippen LogP contribution in [0.3, 0.4) is 0 Å². The molecule has 0 aromatic heterocycles. The maximum absolute atomic E-state index is 13.0. The highest BCUT2D eigenvalue weighted by Crippen LogP contribution is 2.14. The number of amides is 2. The molecule has 0 spiro atoms. The Morgan fingerprint density at radius 2 is 1.70 bits per heavy atom. The van der Waals surface area contributed by atoms with E-state index in [0.29, 0.717) is 5.69 Å². The van der Waals surface area contributed by atoms with Crippen LogP contribution in [0.1, 0.15) is 20.7 Å².